The van der Waals surface area contributed by atoms with Crippen LogP contribution in [0.2, 0.25) is 0 Å². The Kier molecular flexibility index (Phi) is 6.59. The average molecular weight is 391 g/mol. The highest BCUT2D eigenvalue weighted by molar-refractivity contribution is 7.10. The molecule has 2 atom stereocenters. The Morgan fingerprint density at radius 3 is 2.61 bits per heavy atom. The highest BCUT2D eigenvalue weighted by Crippen LogP contribution is 2.23. The third kappa shape index (κ3) is 4.86. The zero-order valence-corrected chi connectivity index (χ0v) is 16.9. The quantitative estimate of drug-likeness (QED) is 0.643. The molecule has 3 aromatic rings. The van der Waals surface area contributed by atoms with Crippen molar-refractivity contribution in [1.82, 2.24) is 0 Å². The van der Waals surface area contributed by atoms with Gasteiger partial charge in [-0.3, -0.25) is 4.79 Å². The van der Waals surface area contributed by atoms with Gasteiger partial charge < -0.3 is 10.6 Å². The summed E-state index contributed by atoms with van der Waals surface area (Å²) in [6.45, 7) is 4.05. The first-order valence-electron chi connectivity index (χ1n) is 9.39. The predicted molar refractivity (Wildman–Crippen MR) is 113 cm³/mol. The Morgan fingerprint density at radius 2 is 1.96 bits per heavy atom. The molecule has 1 aromatic heterocycles. The largest absolute Gasteiger partial charge is 0.326 e. The van der Waals surface area contributed by atoms with E-state index in [0.29, 0.717) is 11.3 Å². The zero-order chi connectivity index (χ0) is 19.9. The molecular formula is C23H24N3OS+. The standard InChI is InChI=1S/C23H23N3OS/c1-3-17-9-11-19(12-10-17)22(21-8-5-13-28-21)25-16(2)23(27)26-20-7-4-6-18(14-20)15-24/h4-14,16,22,25H,3H2,1-2H3,(H,26,27)/p+1/t16-,22-/m0/s1. The fourth-order valence-electron chi connectivity index (χ4n) is 3.10. The minimum atomic E-state index is -0.288. The number of rotatable bonds is 7. The number of nitrogens with zero attached hydrogens (tertiary/aromatic N) is 1. The maximum absolute atomic E-state index is 12.7. The Hall–Kier alpha value is -2.94. The number of nitrogens with one attached hydrogen (secondary N) is 1. The molecule has 0 aliphatic rings. The monoisotopic (exact) mass is 390 g/mol. The summed E-state index contributed by atoms with van der Waals surface area (Å²) in [4.78, 5) is 13.9. The van der Waals surface area contributed by atoms with Crippen molar-refractivity contribution in [3.05, 3.63) is 87.6 Å². The van der Waals surface area contributed by atoms with Crippen LogP contribution in [-0.4, -0.2) is 11.9 Å². The SMILES string of the molecule is CCc1ccc([C@H]([NH2+][C@@H](C)C(=O)Nc2cccc(C#N)c2)c2cccs2)cc1. The Bertz CT molecular complexity index is 958. The van der Waals surface area contributed by atoms with Crippen LogP contribution in [0.1, 0.15) is 41.5 Å². The van der Waals surface area contributed by atoms with Gasteiger partial charge in [0, 0.05) is 11.3 Å². The lowest BCUT2D eigenvalue weighted by atomic mass is 10.0. The van der Waals surface area contributed by atoms with Crippen LogP contribution in [0, 0.1) is 11.3 Å². The molecule has 28 heavy (non-hydrogen) atoms. The number of carbonyl (C=O) groups excluding carboxylic acids is 1. The fraction of sp³-hybridized carbons (Fsp3) is 0.217. The second kappa shape index (κ2) is 9.32. The molecule has 0 saturated carbocycles. The zero-order valence-electron chi connectivity index (χ0n) is 16.1. The normalized spacial score (nSPS) is 12.8. The molecule has 1 amide bonds. The first-order valence-corrected chi connectivity index (χ1v) is 10.3. The molecule has 0 aliphatic carbocycles. The molecule has 0 saturated heterocycles. The van der Waals surface area contributed by atoms with Gasteiger partial charge in [0.1, 0.15) is 6.04 Å². The lowest BCUT2D eigenvalue weighted by Gasteiger charge is -2.20. The molecule has 0 fully saturated rings. The lowest BCUT2D eigenvalue weighted by molar-refractivity contribution is -0.703. The average Bonchev–Trinajstić information content (AvgIpc) is 3.26. The Morgan fingerprint density at radius 1 is 1.18 bits per heavy atom. The second-order valence-electron chi connectivity index (χ2n) is 6.75. The van der Waals surface area contributed by atoms with E-state index in [1.807, 2.05) is 13.0 Å². The first-order chi connectivity index (χ1) is 13.6. The van der Waals surface area contributed by atoms with Gasteiger partial charge in [-0.25, -0.2) is 0 Å². The summed E-state index contributed by atoms with van der Waals surface area (Å²) in [5.74, 6) is -0.0816. The van der Waals surface area contributed by atoms with E-state index in [9.17, 15) is 4.79 Å². The van der Waals surface area contributed by atoms with E-state index in [0.717, 1.165) is 6.42 Å². The second-order valence-corrected chi connectivity index (χ2v) is 7.73. The van der Waals surface area contributed by atoms with Crippen LogP contribution in [0.4, 0.5) is 5.69 Å². The van der Waals surface area contributed by atoms with E-state index in [4.69, 9.17) is 5.26 Å². The molecule has 2 aromatic carbocycles. The predicted octanol–water partition coefficient (Wildman–Crippen LogP) is 3.86. The summed E-state index contributed by atoms with van der Waals surface area (Å²) in [5.41, 5.74) is 3.66. The third-order valence-corrected chi connectivity index (χ3v) is 5.71. The highest BCUT2D eigenvalue weighted by atomic mass is 32.1. The molecule has 4 nitrogen and oxygen atoms in total. The highest BCUT2D eigenvalue weighted by Gasteiger charge is 2.25. The number of anilines is 1. The number of hydrogen-bond donors (Lipinski definition) is 2. The number of benzene rings is 2. The van der Waals surface area contributed by atoms with E-state index in [2.05, 4.69) is 59.3 Å². The van der Waals surface area contributed by atoms with Gasteiger partial charge in [-0.15, -0.1) is 11.3 Å². The Balaban J connectivity index is 1.76. The summed E-state index contributed by atoms with van der Waals surface area (Å²) >= 11 is 1.70. The number of thiophene rings is 1. The van der Waals surface area contributed by atoms with E-state index in [1.165, 1.54) is 16.0 Å². The van der Waals surface area contributed by atoms with Crippen LogP contribution in [0.5, 0.6) is 0 Å². The maximum Gasteiger partial charge on any atom is 0.282 e. The summed E-state index contributed by atoms with van der Waals surface area (Å²) in [6, 6.07) is 21.6. The minimum absolute atomic E-state index is 0.0668. The van der Waals surface area contributed by atoms with Crippen molar-refractivity contribution in [1.29, 1.82) is 5.26 Å². The first kappa shape index (κ1) is 19.8. The smallest absolute Gasteiger partial charge is 0.282 e. The lowest BCUT2D eigenvalue weighted by Crippen LogP contribution is -2.92. The van der Waals surface area contributed by atoms with Crippen LogP contribution in [-0.2, 0) is 11.2 Å². The van der Waals surface area contributed by atoms with Gasteiger partial charge in [-0.05, 0) is 48.6 Å². The van der Waals surface area contributed by atoms with Gasteiger partial charge in [-0.1, -0.05) is 43.3 Å². The van der Waals surface area contributed by atoms with Crippen LogP contribution in [0.15, 0.2) is 66.0 Å². The third-order valence-electron chi connectivity index (χ3n) is 4.75. The molecule has 5 heteroatoms. The van der Waals surface area contributed by atoms with Crippen molar-refractivity contribution in [3.63, 3.8) is 0 Å². The van der Waals surface area contributed by atoms with Gasteiger partial charge in [0.25, 0.3) is 5.91 Å². The van der Waals surface area contributed by atoms with Crippen molar-refractivity contribution in [3.8, 4) is 6.07 Å². The van der Waals surface area contributed by atoms with Gasteiger partial charge in [0.05, 0.1) is 16.5 Å². The molecule has 3 rings (SSSR count). The number of quaternary nitrogens is 1. The van der Waals surface area contributed by atoms with E-state index in [-0.39, 0.29) is 18.0 Å². The van der Waals surface area contributed by atoms with Gasteiger partial charge in [0.2, 0.25) is 0 Å². The summed E-state index contributed by atoms with van der Waals surface area (Å²) in [6.07, 6.45) is 1.01. The Labute approximate surface area is 169 Å². The number of amides is 1. The van der Waals surface area contributed by atoms with E-state index in [1.54, 1.807) is 35.6 Å². The van der Waals surface area contributed by atoms with Crippen molar-refractivity contribution in [2.24, 2.45) is 0 Å². The molecule has 0 aliphatic heterocycles. The van der Waals surface area contributed by atoms with Gasteiger partial charge in [0.15, 0.2) is 6.04 Å². The molecular weight excluding hydrogens is 366 g/mol. The maximum atomic E-state index is 12.7. The topological polar surface area (TPSA) is 69.5 Å². The molecule has 0 radical (unpaired) electrons. The fourth-order valence-corrected chi connectivity index (χ4v) is 3.93. The van der Waals surface area contributed by atoms with Crippen LogP contribution in [0.3, 0.4) is 0 Å². The minimum Gasteiger partial charge on any atom is -0.326 e. The molecule has 1 heterocycles. The van der Waals surface area contributed by atoms with Gasteiger partial charge in [-0.2, -0.15) is 5.26 Å². The number of aryl methyl sites for hydroxylation is 1. The van der Waals surface area contributed by atoms with Crippen LogP contribution in [0.25, 0.3) is 0 Å². The number of hydrogen-bond acceptors (Lipinski definition) is 3. The van der Waals surface area contributed by atoms with Crippen LogP contribution >= 0.6 is 11.3 Å². The molecule has 3 N–H and O–H groups in total. The number of carbonyl (C=O) groups is 1. The van der Waals surface area contributed by atoms with Crippen LogP contribution < -0.4 is 10.6 Å². The number of nitriles is 1. The molecule has 0 unspecified atom stereocenters. The molecule has 0 bridgehead atoms. The number of nitrogens with two attached hydrogens (primary N) is 1. The van der Waals surface area contributed by atoms with Crippen molar-refractivity contribution in [2.75, 3.05) is 5.32 Å². The molecule has 142 valence electrons. The summed E-state index contributed by atoms with van der Waals surface area (Å²) in [5, 5.41) is 16.1. The van der Waals surface area contributed by atoms with Crippen molar-refractivity contribution < 1.29 is 10.1 Å². The molecule has 0 spiro atoms. The van der Waals surface area contributed by atoms with Gasteiger partial charge >= 0.3 is 0 Å². The van der Waals surface area contributed by atoms with Crippen molar-refractivity contribution in [2.45, 2.75) is 32.4 Å². The van der Waals surface area contributed by atoms with E-state index < -0.39 is 0 Å². The summed E-state index contributed by atoms with van der Waals surface area (Å²) in [7, 11) is 0. The van der Waals surface area contributed by atoms with Crippen molar-refractivity contribution >= 4 is 22.9 Å². The summed E-state index contributed by atoms with van der Waals surface area (Å²) < 4.78 is 0. The van der Waals surface area contributed by atoms with E-state index >= 15 is 0 Å².